The summed E-state index contributed by atoms with van der Waals surface area (Å²) in [5.41, 5.74) is 1.35. The van der Waals surface area contributed by atoms with Gasteiger partial charge in [0.15, 0.2) is 9.84 Å². The van der Waals surface area contributed by atoms with Gasteiger partial charge in [-0.1, -0.05) is 61.5 Å². The van der Waals surface area contributed by atoms with Crippen LogP contribution in [0.2, 0.25) is 0 Å². The summed E-state index contributed by atoms with van der Waals surface area (Å²) in [5, 5.41) is 9.41. The predicted molar refractivity (Wildman–Crippen MR) is 137 cm³/mol. The van der Waals surface area contributed by atoms with E-state index in [1.54, 1.807) is 12.1 Å². The molecule has 9 heteroatoms. The average molecular weight is 536 g/mol. The predicted octanol–water partition coefficient (Wildman–Crippen LogP) is 5.68. The first-order valence-corrected chi connectivity index (χ1v) is 13.9. The molecule has 0 aliphatic heterocycles. The minimum absolute atomic E-state index is 0.0235. The van der Waals surface area contributed by atoms with Gasteiger partial charge < -0.3 is 9.84 Å². The minimum Gasteiger partial charge on any atom is -0.494 e. The van der Waals surface area contributed by atoms with Crippen LogP contribution >= 0.6 is 0 Å². The normalized spacial score (nSPS) is 13.1. The third kappa shape index (κ3) is 8.59. The first-order chi connectivity index (χ1) is 17.5. The Bertz CT molecular complexity index is 1260. The van der Waals surface area contributed by atoms with Crippen LogP contribution in [0, 0.1) is 0 Å². The fourth-order valence-electron chi connectivity index (χ4n) is 4.19. The standard InChI is InChI=1S/C28H32F3NO4S/c1-21(23-9-4-3-5-10-23)18-32(19-22-8-6-11-25(16-22)28(29,30)31)14-7-15-36-26-13-12-24(20-33)27(17-26)37(2,34)35/h3-6,8-13,16-17,21,33H,7,14-15,18-20H2,1-2H3. The summed E-state index contributed by atoms with van der Waals surface area (Å²) in [6, 6.07) is 19.8. The van der Waals surface area contributed by atoms with E-state index in [1.165, 1.54) is 24.3 Å². The first-order valence-electron chi connectivity index (χ1n) is 12.0. The van der Waals surface area contributed by atoms with Crippen molar-refractivity contribution in [3.05, 3.63) is 95.1 Å². The zero-order valence-corrected chi connectivity index (χ0v) is 21.7. The Morgan fingerprint density at radius 2 is 1.73 bits per heavy atom. The Morgan fingerprint density at radius 3 is 2.38 bits per heavy atom. The molecular formula is C28H32F3NO4S. The van der Waals surface area contributed by atoms with Gasteiger partial charge in [-0.2, -0.15) is 13.2 Å². The van der Waals surface area contributed by atoms with Crippen LogP contribution in [0.15, 0.2) is 77.7 Å². The van der Waals surface area contributed by atoms with Crippen molar-refractivity contribution in [3.8, 4) is 5.75 Å². The second kappa shape index (κ2) is 12.6. The molecule has 3 rings (SSSR count). The number of aliphatic hydroxyl groups excluding tert-OH is 1. The molecule has 3 aromatic carbocycles. The highest BCUT2D eigenvalue weighted by molar-refractivity contribution is 7.90. The molecule has 0 amide bonds. The van der Waals surface area contributed by atoms with Gasteiger partial charge in [-0.3, -0.25) is 4.90 Å². The maximum atomic E-state index is 13.2. The smallest absolute Gasteiger partial charge is 0.416 e. The van der Waals surface area contributed by atoms with Crippen molar-refractivity contribution in [2.75, 3.05) is 26.0 Å². The van der Waals surface area contributed by atoms with E-state index < -0.39 is 28.2 Å². The highest BCUT2D eigenvalue weighted by Crippen LogP contribution is 2.30. The Labute approximate surface area is 216 Å². The number of rotatable bonds is 12. The quantitative estimate of drug-likeness (QED) is 0.303. The van der Waals surface area contributed by atoms with Crippen molar-refractivity contribution in [1.82, 2.24) is 4.90 Å². The van der Waals surface area contributed by atoms with Crippen molar-refractivity contribution >= 4 is 9.84 Å². The Hall–Kier alpha value is -2.88. The Morgan fingerprint density at radius 1 is 1.00 bits per heavy atom. The molecule has 1 atom stereocenters. The highest BCUT2D eigenvalue weighted by Gasteiger charge is 2.30. The van der Waals surface area contributed by atoms with E-state index in [-0.39, 0.29) is 10.8 Å². The maximum absolute atomic E-state index is 13.2. The number of hydrogen-bond acceptors (Lipinski definition) is 5. The molecule has 1 N–H and O–H groups in total. The van der Waals surface area contributed by atoms with Gasteiger partial charge in [-0.15, -0.1) is 0 Å². The second-order valence-electron chi connectivity index (χ2n) is 9.15. The van der Waals surface area contributed by atoms with Crippen LogP contribution in [0.5, 0.6) is 5.75 Å². The lowest BCUT2D eigenvalue weighted by atomic mass is 10.00. The second-order valence-corrected chi connectivity index (χ2v) is 11.1. The number of aliphatic hydroxyl groups is 1. The number of sulfone groups is 1. The summed E-state index contributed by atoms with van der Waals surface area (Å²) in [4.78, 5) is 2.13. The van der Waals surface area contributed by atoms with Gasteiger partial charge in [0.2, 0.25) is 0 Å². The van der Waals surface area contributed by atoms with Crippen molar-refractivity contribution in [2.45, 2.75) is 43.5 Å². The number of ether oxygens (including phenoxy) is 1. The summed E-state index contributed by atoms with van der Waals surface area (Å²) in [7, 11) is -3.53. The number of benzene rings is 3. The summed E-state index contributed by atoms with van der Waals surface area (Å²) < 4.78 is 69.5. The largest absolute Gasteiger partial charge is 0.494 e. The van der Waals surface area contributed by atoms with Crippen molar-refractivity contribution in [1.29, 1.82) is 0 Å². The van der Waals surface area contributed by atoms with Gasteiger partial charge in [-0.25, -0.2) is 8.42 Å². The molecule has 0 saturated carbocycles. The van der Waals surface area contributed by atoms with Crippen molar-refractivity contribution in [3.63, 3.8) is 0 Å². The van der Waals surface area contributed by atoms with Crippen LogP contribution in [-0.4, -0.2) is 44.4 Å². The van der Waals surface area contributed by atoms with Gasteiger partial charge in [0.1, 0.15) is 5.75 Å². The Balaban J connectivity index is 1.68. The number of hydrogen-bond donors (Lipinski definition) is 1. The molecule has 0 aliphatic carbocycles. The van der Waals surface area contributed by atoms with E-state index >= 15 is 0 Å². The van der Waals surface area contributed by atoms with E-state index in [4.69, 9.17) is 4.74 Å². The van der Waals surface area contributed by atoms with Crippen molar-refractivity contribution < 1.29 is 31.4 Å². The van der Waals surface area contributed by atoms with Crippen LogP contribution in [0.4, 0.5) is 13.2 Å². The summed E-state index contributed by atoms with van der Waals surface area (Å²) in [6.45, 7) is 3.54. The molecule has 0 aromatic heterocycles. The van der Waals surface area contributed by atoms with Gasteiger partial charge in [0.05, 0.1) is 23.7 Å². The molecule has 0 bridgehead atoms. The fraction of sp³-hybridized carbons (Fsp3) is 0.357. The first kappa shape index (κ1) is 28.7. The molecule has 0 saturated heterocycles. The molecule has 0 spiro atoms. The van der Waals surface area contributed by atoms with Gasteiger partial charge >= 0.3 is 6.18 Å². The lowest BCUT2D eigenvalue weighted by Crippen LogP contribution is -2.29. The fourth-order valence-corrected chi connectivity index (χ4v) is 5.13. The molecule has 0 heterocycles. The zero-order valence-electron chi connectivity index (χ0n) is 20.9. The molecule has 0 fully saturated rings. The summed E-state index contributed by atoms with van der Waals surface area (Å²) >= 11 is 0. The van der Waals surface area contributed by atoms with Gasteiger partial charge in [-0.05, 0) is 47.2 Å². The number of halogens is 3. The number of alkyl halides is 3. The average Bonchev–Trinajstić information content (AvgIpc) is 2.86. The molecule has 3 aromatic rings. The molecule has 5 nitrogen and oxygen atoms in total. The molecule has 0 radical (unpaired) electrons. The van der Waals surface area contributed by atoms with E-state index in [0.29, 0.717) is 49.5 Å². The zero-order chi connectivity index (χ0) is 27.1. The van der Waals surface area contributed by atoms with E-state index in [9.17, 15) is 26.7 Å². The van der Waals surface area contributed by atoms with Crippen LogP contribution in [-0.2, 0) is 29.2 Å². The third-order valence-electron chi connectivity index (χ3n) is 6.06. The van der Waals surface area contributed by atoms with E-state index in [1.807, 2.05) is 30.3 Å². The number of nitrogens with zero attached hydrogens (tertiary/aromatic N) is 1. The van der Waals surface area contributed by atoms with Crippen LogP contribution in [0.1, 0.15) is 41.5 Å². The van der Waals surface area contributed by atoms with Gasteiger partial charge in [0.25, 0.3) is 0 Å². The van der Waals surface area contributed by atoms with Crippen LogP contribution < -0.4 is 4.74 Å². The SMILES string of the molecule is CC(CN(CCCOc1ccc(CO)c(S(C)(=O)=O)c1)Cc1cccc(C(F)(F)F)c1)c1ccccc1. The monoisotopic (exact) mass is 535 g/mol. The lowest BCUT2D eigenvalue weighted by Gasteiger charge is -2.26. The lowest BCUT2D eigenvalue weighted by molar-refractivity contribution is -0.137. The summed E-state index contributed by atoms with van der Waals surface area (Å²) in [5.74, 6) is 0.538. The van der Waals surface area contributed by atoms with E-state index in [0.717, 1.165) is 17.9 Å². The highest BCUT2D eigenvalue weighted by atomic mass is 32.2. The van der Waals surface area contributed by atoms with Crippen molar-refractivity contribution in [2.24, 2.45) is 0 Å². The summed E-state index contributed by atoms with van der Waals surface area (Å²) in [6.07, 6.45) is -2.75. The third-order valence-corrected chi connectivity index (χ3v) is 7.24. The molecule has 200 valence electrons. The topological polar surface area (TPSA) is 66.8 Å². The molecule has 1 unspecified atom stereocenters. The van der Waals surface area contributed by atoms with Gasteiger partial charge in [0, 0.05) is 25.9 Å². The molecule has 0 aliphatic rings. The van der Waals surface area contributed by atoms with Crippen LogP contribution in [0.3, 0.4) is 0 Å². The minimum atomic E-state index is -4.40. The molecule has 37 heavy (non-hydrogen) atoms. The Kier molecular flexibility index (Phi) is 9.75. The molecular weight excluding hydrogens is 503 g/mol. The maximum Gasteiger partial charge on any atom is 0.416 e. The van der Waals surface area contributed by atoms with Crippen LogP contribution in [0.25, 0.3) is 0 Å². The van der Waals surface area contributed by atoms with E-state index in [2.05, 4.69) is 11.8 Å².